The van der Waals surface area contributed by atoms with Crippen LogP contribution in [0.25, 0.3) is 6.08 Å². The summed E-state index contributed by atoms with van der Waals surface area (Å²) in [6.07, 6.45) is 19.1. The van der Waals surface area contributed by atoms with E-state index in [1.807, 2.05) is 0 Å². The Morgan fingerprint density at radius 2 is 2.06 bits per heavy atom. The monoisotopic (exact) mass is 224 g/mol. The van der Waals surface area contributed by atoms with Crippen LogP contribution < -0.4 is 0 Å². The van der Waals surface area contributed by atoms with Gasteiger partial charge in [0.25, 0.3) is 0 Å². The van der Waals surface area contributed by atoms with Crippen LogP contribution in [0.1, 0.15) is 29.6 Å². The Kier molecular flexibility index (Phi) is 2.56. The van der Waals surface area contributed by atoms with E-state index in [9.17, 15) is 0 Å². The van der Waals surface area contributed by atoms with E-state index in [2.05, 4.69) is 60.2 Å². The lowest BCUT2D eigenvalue weighted by atomic mass is 10.0. The van der Waals surface area contributed by atoms with Crippen LogP contribution in [0.4, 0.5) is 0 Å². The minimum Gasteiger partial charge on any atom is -0.331 e. The number of aromatic nitrogens is 2. The fraction of sp³-hybridized carbons (Fsp3) is 0.267. The molecule has 0 aromatic carbocycles. The third kappa shape index (κ3) is 1.80. The van der Waals surface area contributed by atoms with E-state index in [4.69, 9.17) is 4.98 Å². The van der Waals surface area contributed by atoms with Crippen LogP contribution in [0, 0.1) is 0 Å². The van der Waals surface area contributed by atoms with E-state index in [0.717, 1.165) is 12.8 Å². The standard InChI is InChI=1S/C15H16N2/c1-17-14-11-7-3-6-10-13(14)16-15(17)12-8-4-2-5-9-12/h2-8,11-12H,9-10H2,1H3. The number of fused-ring (bicyclic) bond motifs is 1. The summed E-state index contributed by atoms with van der Waals surface area (Å²) < 4.78 is 2.23. The summed E-state index contributed by atoms with van der Waals surface area (Å²) in [6, 6.07) is 0. The second kappa shape index (κ2) is 4.21. The van der Waals surface area contributed by atoms with E-state index >= 15 is 0 Å². The highest BCUT2D eigenvalue weighted by Crippen LogP contribution is 2.27. The molecule has 2 aliphatic carbocycles. The van der Waals surface area contributed by atoms with E-state index in [0.29, 0.717) is 5.92 Å². The molecular weight excluding hydrogens is 208 g/mol. The minimum absolute atomic E-state index is 0.425. The van der Waals surface area contributed by atoms with Gasteiger partial charge in [-0.3, -0.25) is 0 Å². The Bertz CT molecular complexity index is 542. The molecule has 2 aliphatic rings. The van der Waals surface area contributed by atoms with Gasteiger partial charge in [0.1, 0.15) is 5.82 Å². The molecule has 3 rings (SSSR count). The highest BCUT2D eigenvalue weighted by atomic mass is 15.1. The molecule has 0 radical (unpaired) electrons. The topological polar surface area (TPSA) is 17.8 Å². The fourth-order valence-electron chi connectivity index (χ4n) is 2.45. The first-order chi connectivity index (χ1) is 8.36. The van der Waals surface area contributed by atoms with Gasteiger partial charge in [0.2, 0.25) is 0 Å². The summed E-state index contributed by atoms with van der Waals surface area (Å²) in [4.78, 5) is 4.81. The number of rotatable bonds is 1. The van der Waals surface area contributed by atoms with Gasteiger partial charge in [0.15, 0.2) is 0 Å². The Morgan fingerprint density at radius 3 is 2.88 bits per heavy atom. The lowest BCUT2D eigenvalue weighted by Crippen LogP contribution is -2.05. The second-order valence-electron chi connectivity index (χ2n) is 4.51. The van der Waals surface area contributed by atoms with Crippen LogP contribution in [0.5, 0.6) is 0 Å². The number of imidazole rings is 1. The Labute approximate surface area is 102 Å². The molecule has 86 valence electrons. The van der Waals surface area contributed by atoms with Gasteiger partial charge in [-0.15, -0.1) is 0 Å². The first-order valence-electron chi connectivity index (χ1n) is 6.08. The average Bonchev–Trinajstić information content (AvgIpc) is 2.56. The largest absolute Gasteiger partial charge is 0.331 e. The summed E-state index contributed by atoms with van der Waals surface area (Å²) in [5.74, 6) is 1.60. The van der Waals surface area contributed by atoms with Gasteiger partial charge < -0.3 is 4.57 Å². The smallest absolute Gasteiger partial charge is 0.116 e. The molecule has 1 aromatic heterocycles. The van der Waals surface area contributed by atoms with Gasteiger partial charge in [-0.25, -0.2) is 4.98 Å². The van der Waals surface area contributed by atoms with Crippen molar-refractivity contribution in [3.63, 3.8) is 0 Å². The molecule has 2 heteroatoms. The molecule has 0 aliphatic heterocycles. The van der Waals surface area contributed by atoms with Gasteiger partial charge in [0, 0.05) is 19.4 Å². The average molecular weight is 224 g/mol. The van der Waals surface area contributed by atoms with Gasteiger partial charge in [-0.2, -0.15) is 0 Å². The zero-order chi connectivity index (χ0) is 11.7. The van der Waals surface area contributed by atoms with Crippen molar-refractivity contribution >= 4 is 6.08 Å². The molecule has 1 heterocycles. The summed E-state index contributed by atoms with van der Waals surface area (Å²) >= 11 is 0. The van der Waals surface area contributed by atoms with Crippen LogP contribution in [0.15, 0.2) is 42.5 Å². The lowest BCUT2D eigenvalue weighted by molar-refractivity contribution is 0.709. The first-order valence-corrected chi connectivity index (χ1v) is 6.08. The van der Waals surface area contributed by atoms with Gasteiger partial charge in [-0.1, -0.05) is 42.5 Å². The van der Waals surface area contributed by atoms with Gasteiger partial charge in [-0.05, 0) is 12.5 Å². The molecule has 0 saturated carbocycles. The molecule has 0 fully saturated rings. The number of hydrogen-bond donors (Lipinski definition) is 0. The van der Waals surface area contributed by atoms with Crippen molar-refractivity contribution in [2.24, 2.45) is 7.05 Å². The molecular formula is C15H16N2. The molecule has 0 amide bonds. The van der Waals surface area contributed by atoms with Crippen molar-refractivity contribution in [1.82, 2.24) is 9.55 Å². The maximum atomic E-state index is 4.81. The number of hydrogen-bond acceptors (Lipinski definition) is 1. The molecule has 0 bridgehead atoms. The molecule has 0 N–H and O–H groups in total. The zero-order valence-corrected chi connectivity index (χ0v) is 10.0. The van der Waals surface area contributed by atoms with Crippen LogP contribution in [0.2, 0.25) is 0 Å². The van der Waals surface area contributed by atoms with Crippen LogP contribution >= 0.6 is 0 Å². The van der Waals surface area contributed by atoms with E-state index in [-0.39, 0.29) is 0 Å². The van der Waals surface area contributed by atoms with Crippen LogP contribution in [-0.4, -0.2) is 9.55 Å². The molecule has 1 unspecified atom stereocenters. The van der Waals surface area contributed by atoms with Crippen molar-refractivity contribution in [3.05, 3.63) is 59.7 Å². The van der Waals surface area contributed by atoms with E-state index in [1.54, 1.807) is 0 Å². The molecule has 1 aromatic rings. The van der Waals surface area contributed by atoms with Crippen LogP contribution in [0.3, 0.4) is 0 Å². The zero-order valence-electron chi connectivity index (χ0n) is 10.0. The van der Waals surface area contributed by atoms with Crippen molar-refractivity contribution in [2.75, 3.05) is 0 Å². The predicted molar refractivity (Wildman–Crippen MR) is 70.7 cm³/mol. The van der Waals surface area contributed by atoms with Gasteiger partial charge >= 0.3 is 0 Å². The van der Waals surface area contributed by atoms with E-state index < -0.39 is 0 Å². The highest BCUT2D eigenvalue weighted by Gasteiger charge is 2.18. The summed E-state index contributed by atoms with van der Waals surface area (Å²) in [5.41, 5.74) is 2.43. The number of nitrogens with zero attached hydrogens (tertiary/aromatic N) is 2. The Balaban J connectivity index is 2.02. The van der Waals surface area contributed by atoms with Gasteiger partial charge in [0.05, 0.1) is 11.4 Å². The summed E-state index contributed by atoms with van der Waals surface area (Å²) in [5, 5.41) is 0. The first kappa shape index (κ1) is 10.3. The fourth-order valence-corrected chi connectivity index (χ4v) is 2.45. The third-order valence-electron chi connectivity index (χ3n) is 3.37. The highest BCUT2D eigenvalue weighted by molar-refractivity contribution is 5.53. The predicted octanol–water partition coefficient (Wildman–Crippen LogP) is 3.15. The van der Waals surface area contributed by atoms with Crippen molar-refractivity contribution in [3.8, 4) is 0 Å². The van der Waals surface area contributed by atoms with Crippen LogP contribution in [-0.2, 0) is 13.5 Å². The lowest BCUT2D eigenvalue weighted by Gasteiger charge is -2.13. The van der Waals surface area contributed by atoms with E-state index in [1.165, 1.54) is 17.2 Å². The normalized spacial score (nSPS) is 21.6. The minimum atomic E-state index is 0.425. The van der Waals surface area contributed by atoms with Crippen molar-refractivity contribution in [2.45, 2.75) is 18.8 Å². The molecule has 0 spiro atoms. The Hall–Kier alpha value is -1.83. The van der Waals surface area contributed by atoms with Crippen molar-refractivity contribution < 1.29 is 0 Å². The molecule has 17 heavy (non-hydrogen) atoms. The maximum Gasteiger partial charge on any atom is 0.116 e. The molecule has 0 saturated heterocycles. The second-order valence-corrected chi connectivity index (χ2v) is 4.51. The maximum absolute atomic E-state index is 4.81. The SMILES string of the molecule is Cn1c(C2C=CC=CC2)nc2c1C=CC=CC2. The third-order valence-corrected chi connectivity index (χ3v) is 3.37. The van der Waals surface area contributed by atoms with Crippen molar-refractivity contribution in [1.29, 1.82) is 0 Å². The molecule has 1 atom stereocenters. The Morgan fingerprint density at radius 1 is 1.18 bits per heavy atom. The molecule has 2 nitrogen and oxygen atoms in total. The quantitative estimate of drug-likeness (QED) is 0.716. The summed E-state index contributed by atoms with van der Waals surface area (Å²) in [7, 11) is 2.11. The number of allylic oxidation sites excluding steroid dienone is 7. The summed E-state index contributed by atoms with van der Waals surface area (Å²) in [6.45, 7) is 0.